The number of hydrogen-bond acceptors (Lipinski definition) is 4. The van der Waals surface area contributed by atoms with Crippen LogP contribution in [-0.4, -0.2) is 22.1 Å². The topological polar surface area (TPSA) is 73.2 Å². The molecule has 6 nitrogen and oxygen atoms in total. The minimum absolute atomic E-state index is 0.0927. The number of alkyl halides is 3. The Balaban J connectivity index is 2.24. The maximum atomic E-state index is 12.4. The van der Waals surface area contributed by atoms with E-state index in [-0.39, 0.29) is 16.9 Å². The lowest BCUT2D eigenvalue weighted by Crippen LogP contribution is -2.26. The van der Waals surface area contributed by atoms with E-state index in [9.17, 15) is 22.8 Å². The van der Waals surface area contributed by atoms with Crippen LogP contribution in [0.2, 0.25) is 0 Å². The first-order chi connectivity index (χ1) is 11.3. The number of hydrogen-bond donors (Lipinski definition) is 1. The number of benzene rings is 1. The van der Waals surface area contributed by atoms with Gasteiger partial charge in [-0.05, 0) is 24.6 Å². The van der Waals surface area contributed by atoms with Crippen molar-refractivity contribution in [1.29, 1.82) is 0 Å². The van der Waals surface area contributed by atoms with Gasteiger partial charge in [0.2, 0.25) is 0 Å². The number of aromatic nitrogens is 2. The Kier molecular flexibility index (Phi) is 5.22. The lowest BCUT2D eigenvalue weighted by Gasteiger charge is -2.13. The highest BCUT2D eigenvalue weighted by Crippen LogP contribution is 2.30. The van der Waals surface area contributed by atoms with E-state index >= 15 is 0 Å². The maximum Gasteiger partial charge on any atom is 0.573 e. The molecule has 1 heterocycles. The van der Waals surface area contributed by atoms with Crippen LogP contribution in [0.1, 0.15) is 23.8 Å². The van der Waals surface area contributed by atoms with Gasteiger partial charge < -0.3 is 10.1 Å². The van der Waals surface area contributed by atoms with Crippen LogP contribution in [-0.2, 0) is 6.54 Å². The molecule has 1 amide bonds. The molecule has 0 bridgehead atoms. The predicted octanol–water partition coefficient (Wildman–Crippen LogP) is 2.80. The standard InChI is InChI=1S/C15H14F3N3O3/c1-2-9-21-13(22)8-7-11(20-21)14(23)19-10-5-3-4-6-12(10)24-15(16,17)18/h3-8H,2,9H2,1H3,(H,19,23). The van der Waals surface area contributed by atoms with Crippen LogP contribution in [0.3, 0.4) is 0 Å². The summed E-state index contributed by atoms with van der Waals surface area (Å²) in [6.07, 6.45) is -4.24. The van der Waals surface area contributed by atoms with Crippen LogP contribution in [0.4, 0.5) is 18.9 Å². The monoisotopic (exact) mass is 341 g/mol. The van der Waals surface area contributed by atoms with E-state index in [1.165, 1.54) is 30.3 Å². The molecule has 9 heteroatoms. The Morgan fingerprint density at radius 2 is 1.96 bits per heavy atom. The highest BCUT2D eigenvalue weighted by atomic mass is 19.4. The fourth-order valence-electron chi connectivity index (χ4n) is 1.91. The van der Waals surface area contributed by atoms with Crippen LogP contribution >= 0.6 is 0 Å². The van der Waals surface area contributed by atoms with E-state index in [0.717, 1.165) is 10.7 Å². The first-order valence-electron chi connectivity index (χ1n) is 7.04. The average Bonchev–Trinajstić information content (AvgIpc) is 2.50. The molecule has 0 spiro atoms. The van der Waals surface area contributed by atoms with Gasteiger partial charge in [0.25, 0.3) is 11.5 Å². The van der Waals surface area contributed by atoms with Gasteiger partial charge in [0.1, 0.15) is 5.69 Å². The van der Waals surface area contributed by atoms with E-state index in [1.54, 1.807) is 0 Å². The number of aryl methyl sites for hydroxylation is 1. The summed E-state index contributed by atoms with van der Waals surface area (Å²) in [5.74, 6) is -1.29. The molecule has 0 radical (unpaired) electrons. The third-order valence-electron chi connectivity index (χ3n) is 2.90. The van der Waals surface area contributed by atoms with Gasteiger partial charge in [-0.25, -0.2) is 4.68 Å². The number of carbonyl (C=O) groups is 1. The Hall–Kier alpha value is -2.84. The van der Waals surface area contributed by atoms with Crippen LogP contribution < -0.4 is 15.6 Å². The lowest BCUT2D eigenvalue weighted by atomic mass is 10.2. The van der Waals surface area contributed by atoms with Crippen molar-refractivity contribution in [1.82, 2.24) is 9.78 Å². The van der Waals surface area contributed by atoms with Crippen molar-refractivity contribution in [3.8, 4) is 5.75 Å². The third kappa shape index (κ3) is 4.58. The lowest BCUT2D eigenvalue weighted by molar-refractivity contribution is -0.274. The Labute approximate surface area is 134 Å². The summed E-state index contributed by atoms with van der Waals surface area (Å²) in [6, 6.07) is 7.52. The minimum atomic E-state index is -4.88. The molecule has 0 saturated carbocycles. The van der Waals surface area contributed by atoms with Gasteiger partial charge in [0.05, 0.1) is 5.69 Å². The van der Waals surface area contributed by atoms with Gasteiger partial charge >= 0.3 is 6.36 Å². The summed E-state index contributed by atoms with van der Waals surface area (Å²) < 4.78 is 42.1. The SMILES string of the molecule is CCCn1nc(C(=O)Nc2ccccc2OC(F)(F)F)ccc1=O. The zero-order valence-corrected chi connectivity index (χ0v) is 12.6. The van der Waals surface area contributed by atoms with Gasteiger partial charge in [-0.2, -0.15) is 5.10 Å². The van der Waals surface area contributed by atoms with Crippen molar-refractivity contribution in [2.75, 3.05) is 5.32 Å². The molecule has 1 N–H and O–H groups in total. The molecule has 128 valence electrons. The molecule has 2 rings (SSSR count). The summed E-state index contributed by atoms with van der Waals surface area (Å²) in [5, 5.41) is 6.19. The zero-order valence-electron chi connectivity index (χ0n) is 12.6. The van der Waals surface area contributed by atoms with E-state index in [1.807, 2.05) is 6.92 Å². The molecule has 0 aliphatic heterocycles. The summed E-state index contributed by atoms with van der Waals surface area (Å²) in [4.78, 5) is 23.8. The van der Waals surface area contributed by atoms with Gasteiger partial charge in [-0.15, -0.1) is 13.2 Å². The Bertz CT molecular complexity index is 787. The van der Waals surface area contributed by atoms with E-state index in [0.29, 0.717) is 13.0 Å². The molecule has 0 atom stereocenters. The van der Waals surface area contributed by atoms with Crippen molar-refractivity contribution in [2.45, 2.75) is 26.3 Å². The fraction of sp³-hybridized carbons (Fsp3) is 0.267. The summed E-state index contributed by atoms with van der Waals surface area (Å²) in [5.41, 5.74) is -0.617. The molecule has 2 aromatic rings. The van der Waals surface area contributed by atoms with E-state index < -0.39 is 18.0 Å². The van der Waals surface area contributed by atoms with Crippen molar-refractivity contribution in [2.24, 2.45) is 0 Å². The van der Waals surface area contributed by atoms with E-state index in [4.69, 9.17) is 0 Å². The number of anilines is 1. The van der Waals surface area contributed by atoms with E-state index in [2.05, 4.69) is 15.2 Å². The minimum Gasteiger partial charge on any atom is -0.404 e. The Morgan fingerprint density at radius 3 is 2.62 bits per heavy atom. The normalized spacial score (nSPS) is 11.2. The molecular formula is C15H14F3N3O3. The molecule has 0 saturated heterocycles. The number of ether oxygens (including phenoxy) is 1. The molecule has 1 aromatic carbocycles. The molecule has 0 unspecified atom stereocenters. The second-order valence-corrected chi connectivity index (χ2v) is 4.78. The first-order valence-corrected chi connectivity index (χ1v) is 7.04. The fourth-order valence-corrected chi connectivity index (χ4v) is 1.91. The van der Waals surface area contributed by atoms with Crippen LogP contribution in [0, 0.1) is 0 Å². The van der Waals surface area contributed by atoms with Crippen LogP contribution in [0.5, 0.6) is 5.75 Å². The number of carbonyl (C=O) groups excluding carboxylic acids is 1. The van der Waals surface area contributed by atoms with Crippen molar-refractivity contribution in [3.05, 3.63) is 52.4 Å². The van der Waals surface area contributed by atoms with Gasteiger partial charge in [0, 0.05) is 12.6 Å². The van der Waals surface area contributed by atoms with Crippen molar-refractivity contribution >= 4 is 11.6 Å². The molecule has 0 fully saturated rings. The predicted molar refractivity (Wildman–Crippen MR) is 79.9 cm³/mol. The number of nitrogens with zero attached hydrogens (tertiary/aromatic N) is 2. The van der Waals surface area contributed by atoms with Gasteiger partial charge in [-0.3, -0.25) is 9.59 Å². The van der Waals surface area contributed by atoms with Crippen molar-refractivity contribution in [3.63, 3.8) is 0 Å². The van der Waals surface area contributed by atoms with Crippen LogP contribution in [0.15, 0.2) is 41.2 Å². The summed E-state index contributed by atoms with van der Waals surface area (Å²) in [6.45, 7) is 2.17. The van der Waals surface area contributed by atoms with Gasteiger partial charge in [-0.1, -0.05) is 19.1 Å². The quantitative estimate of drug-likeness (QED) is 0.908. The number of nitrogens with one attached hydrogen (secondary N) is 1. The molecule has 0 aliphatic rings. The summed E-state index contributed by atoms with van der Waals surface area (Å²) >= 11 is 0. The number of para-hydroxylation sites is 2. The average molecular weight is 341 g/mol. The third-order valence-corrected chi connectivity index (χ3v) is 2.90. The Morgan fingerprint density at radius 1 is 1.25 bits per heavy atom. The zero-order chi connectivity index (χ0) is 17.7. The largest absolute Gasteiger partial charge is 0.573 e. The molecule has 1 aromatic heterocycles. The number of halogens is 3. The molecular weight excluding hydrogens is 327 g/mol. The smallest absolute Gasteiger partial charge is 0.404 e. The summed E-state index contributed by atoms with van der Waals surface area (Å²) in [7, 11) is 0. The number of rotatable bonds is 5. The molecule has 24 heavy (non-hydrogen) atoms. The van der Waals surface area contributed by atoms with Crippen LogP contribution in [0.25, 0.3) is 0 Å². The van der Waals surface area contributed by atoms with Gasteiger partial charge in [0.15, 0.2) is 5.75 Å². The second kappa shape index (κ2) is 7.16. The molecule has 0 aliphatic carbocycles. The number of amides is 1. The second-order valence-electron chi connectivity index (χ2n) is 4.78. The maximum absolute atomic E-state index is 12.4. The first kappa shape index (κ1) is 17.5. The van der Waals surface area contributed by atoms with Crippen molar-refractivity contribution < 1.29 is 22.7 Å². The highest BCUT2D eigenvalue weighted by molar-refractivity contribution is 6.03. The highest BCUT2D eigenvalue weighted by Gasteiger charge is 2.32.